The maximum absolute atomic E-state index is 11.5. The first-order valence-electron chi connectivity index (χ1n) is 4.74. The number of amides is 1. The fraction of sp³-hybridized carbons (Fsp3) is 0.300. The Morgan fingerprint density at radius 3 is 2.94 bits per heavy atom. The largest absolute Gasteiger partial charge is 0.496 e. The van der Waals surface area contributed by atoms with Gasteiger partial charge in [-0.15, -0.1) is 0 Å². The minimum Gasteiger partial charge on any atom is -0.496 e. The van der Waals surface area contributed by atoms with Crippen molar-refractivity contribution >= 4 is 11.6 Å². The summed E-state index contributed by atoms with van der Waals surface area (Å²) in [4.78, 5) is 14.2. The summed E-state index contributed by atoms with van der Waals surface area (Å²) >= 11 is 0. The van der Waals surface area contributed by atoms with Crippen LogP contribution in [0.4, 0.5) is 5.69 Å². The molecule has 0 aliphatic carbocycles. The molecule has 6 heteroatoms. The first-order chi connectivity index (χ1) is 7.72. The molecule has 0 saturated carbocycles. The molecule has 16 heavy (non-hydrogen) atoms. The van der Waals surface area contributed by atoms with Crippen LogP contribution in [0.1, 0.15) is 17.3 Å². The van der Waals surface area contributed by atoms with Gasteiger partial charge in [-0.1, -0.05) is 5.11 Å². The summed E-state index contributed by atoms with van der Waals surface area (Å²) < 4.78 is 5.02. The molecular formula is C10H12N4O2. The molecular weight excluding hydrogens is 208 g/mol. The van der Waals surface area contributed by atoms with Gasteiger partial charge in [0.2, 0.25) is 0 Å². The van der Waals surface area contributed by atoms with E-state index in [1.807, 2.05) is 6.92 Å². The molecule has 0 aromatic heterocycles. The summed E-state index contributed by atoms with van der Waals surface area (Å²) in [6.45, 7) is 2.39. The van der Waals surface area contributed by atoms with Crippen molar-refractivity contribution in [2.24, 2.45) is 5.11 Å². The van der Waals surface area contributed by atoms with Gasteiger partial charge in [0.15, 0.2) is 0 Å². The topological polar surface area (TPSA) is 87.1 Å². The SMILES string of the molecule is CCNC(=O)c1ccc(N=[N+]=[N-])c(OC)c1. The first-order valence-corrected chi connectivity index (χ1v) is 4.74. The normalized spacial score (nSPS) is 9.12. The van der Waals surface area contributed by atoms with Gasteiger partial charge < -0.3 is 10.1 Å². The van der Waals surface area contributed by atoms with Crippen molar-refractivity contribution in [1.82, 2.24) is 5.32 Å². The van der Waals surface area contributed by atoms with E-state index < -0.39 is 0 Å². The molecule has 0 spiro atoms. The highest BCUT2D eigenvalue weighted by Gasteiger charge is 2.08. The molecule has 0 unspecified atom stereocenters. The number of azide groups is 1. The fourth-order valence-corrected chi connectivity index (χ4v) is 1.21. The minimum absolute atomic E-state index is 0.187. The summed E-state index contributed by atoms with van der Waals surface area (Å²) in [5.74, 6) is 0.190. The van der Waals surface area contributed by atoms with Crippen LogP contribution in [-0.4, -0.2) is 19.6 Å². The number of carbonyl (C=O) groups is 1. The van der Waals surface area contributed by atoms with Gasteiger partial charge in [0.05, 0.1) is 12.8 Å². The van der Waals surface area contributed by atoms with Gasteiger partial charge in [0, 0.05) is 17.0 Å². The van der Waals surface area contributed by atoms with Crippen LogP contribution in [0.2, 0.25) is 0 Å². The Labute approximate surface area is 92.8 Å². The molecule has 0 saturated heterocycles. The number of benzene rings is 1. The number of carbonyl (C=O) groups excluding carboxylic acids is 1. The molecule has 1 rings (SSSR count). The molecule has 6 nitrogen and oxygen atoms in total. The molecule has 0 atom stereocenters. The predicted octanol–water partition coefficient (Wildman–Crippen LogP) is 2.39. The summed E-state index contributed by atoms with van der Waals surface area (Å²) in [6.07, 6.45) is 0. The first kappa shape index (κ1) is 11.9. The fourth-order valence-electron chi connectivity index (χ4n) is 1.21. The second-order valence-electron chi connectivity index (χ2n) is 2.94. The lowest BCUT2D eigenvalue weighted by molar-refractivity contribution is 0.0955. The summed E-state index contributed by atoms with van der Waals surface area (Å²) in [6, 6.07) is 4.66. The van der Waals surface area contributed by atoms with Gasteiger partial charge in [-0.3, -0.25) is 4.79 Å². The lowest BCUT2D eigenvalue weighted by atomic mass is 10.2. The molecule has 0 heterocycles. The highest BCUT2D eigenvalue weighted by atomic mass is 16.5. The molecule has 0 radical (unpaired) electrons. The number of hydrogen-bond donors (Lipinski definition) is 1. The van der Waals surface area contributed by atoms with Crippen LogP contribution in [0.3, 0.4) is 0 Å². The predicted molar refractivity (Wildman–Crippen MR) is 59.8 cm³/mol. The zero-order chi connectivity index (χ0) is 12.0. The smallest absolute Gasteiger partial charge is 0.251 e. The van der Waals surface area contributed by atoms with E-state index in [0.29, 0.717) is 23.5 Å². The average Bonchev–Trinajstić information content (AvgIpc) is 2.30. The maximum atomic E-state index is 11.5. The Kier molecular flexibility index (Phi) is 4.17. The molecule has 1 aromatic rings. The number of methoxy groups -OCH3 is 1. The van der Waals surface area contributed by atoms with Crippen molar-refractivity contribution in [2.45, 2.75) is 6.92 Å². The van der Waals surface area contributed by atoms with E-state index in [1.54, 1.807) is 12.1 Å². The van der Waals surface area contributed by atoms with Crippen LogP contribution in [0, 0.1) is 0 Å². The number of nitrogens with one attached hydrogen (secondary N) is 1. The number of hydrogen-bond acceptors (Lipinski definition) is 3. The standard InChI is InChI=1S/C10H12N4O2/c1-3-12-10(15)7-4-5-8(13-14-11)9(6-7)16-2/h4-6H,3H2,1-2H3,(H,12,15). The third-order valence-corrected chi connectivity index (χ3v) is 1.93. The van der Waals surface area contributed by atoms with Gasteiger partial charge in [-0.25, -0.2) is 0 Å². The van der Waals surface area contributed by atoms with Gasteiger partial charge in [0.1, 0.15) is 5.75 Å². The van der Waals surface area contributed by atoms with E-state index in [2.05, 4.69) is 15.3 Å². The Hall–Kier alpha value is -2.20. The zero-order valence-electron chi connectivity index (χ0n) is 9.10. The van der Waals surface area contributed by atoms with E-state index in [-0.39, 0.29) is 5.91 Å². The van der Waals surface area contributed by atoms with Crippen LogP contribution in [0.15, 0.2) is 23.3 Å². The highest BCUT2D eigenvalue weighted by Crippen LogP contribution is 2.28. The number of rotatable bonds is 4. The van der Waals surface area contributed by atoms with Crippen molar-refractivity contribution in [3.8, 4) is 5.75 Å². The summed E-state index contributed by atoms with van der Waals surface area (Å²) in [7, 11) is 1.45. The van der Waals surface area contributed by atoms with Crippen molar-refractivity contribution in [3.05, 3.63) is 34.2 Å². The van der Waals surface area contributed by atoms with Gasteiger partial charge >= 0.3 is 0 Å². The van der Waals surface area contributed by atoms with Crippen LogP contribution in [0.25, 0.3) is 10.4 Å². The van der Waals surface area contributed by atoms with Crippen LogP contribution >= 0.6 is 0 Å². The molecule has 1 N–H and O–H groups in total. The van der Waals surface area contributed by atoms with Crippen LogP contribution in [-0.2, 0) is 0 Å². The third-order valence-electron chi connectivity index (χ3n) is 1.93. The van der Waals surface area contributed by atoms with Crippen LogP contribution in [0.5, 0.6) is 5.75 Å². The summed E-state index contributed by atoms with van der Waals surface area (Å²) in [5.41, 5.74) is 9.15. The molecule has 0 aliphatic heterocycles. The Morgan fingerprint density at radius 1 is 1.62 bits per heavy atom. The van der Waals surface area contributed by atoms with Crippen molar-refractivity contribution in [1.29, 1.82) is 0 Å². The average molecular weight is 220 g/mol. The van der Waals surface area contributed by atoms with E-state index in [1.165, 1.54) is 13.2 Å². The van der Waals surface area contributed by atoms with Crippen molar-refractivity contribution in [2.75, 3.05) is 13.7 Å². The second kappa shape index (κ2) is 5.63. The molecule has 0 fully saturated rings. The van der Waals surface area contributed by atoms with Crippen molar-refractivity contribution in [3.63, 3.8) is 0 Å². The van der Waals surface area contributed by atoms with Crippen LogP contribution < -0.4 is 10.1 Å². The maximum Gasteiger partial charge on any atom is 0.251 e. The minimum atomic E-state index is -0.187. The Morgan fingerprint density at radius 2 is 2.38 bits per heavy atom. The lowest BCUT2D eigenvalue weighted by Gasteiger charge is -2.07. The molecule has 1 amide bonds. The zero-order valence-corrected chi connectivity index (χ0v) is 9.10. The van der Waals surface area contributed by atoms with Crippen molar-refractivity contribution < 1.29 is 9.53 Å². The molecule has 84 valence electrons. The molecule has 0 bridgehead atoms. The highest BCUT2D eigenvalue weighted by molar-refractivity contribution is 5.95. The van der Waals surface area contributed by atoms with Gasteiger partial charge in [0.25, 0.3) is 5.91 Å². The number of ether oxygens (including phenoxy) is 1. The second-order valence-corrected chi connectivity index (χ2v) is 2.94. The monoisotopic (exact) mass is 220 g/mol. The summed E-state index contributed by atoms with van der Waals surface area (Å²) in [5, 5.41) is 6.11. The lowest BCUT2D eigenvalue weighted by Crippen LogP contribution is -2.22. The van der Waals surface area contributed by atoms with E-state index >= 15 is 0 Å². The molecule has 0 aliphatic rings. The third kappa shape index (κ3) is 2.65. The number of nitrogens with zero attached hydrogens (tertiary/aromatic N) is 3. The van der Waals surface area contributed by atoms with E-state index in [9.17, 15) is 4.79 Å². The van der Waals surface area contributed by atoms with E-state index in [4.69, 9.17) is 10.3 Å². The Bertz CT molecular complexity index is 438. The quantitative estimate of drug-likeness (QED) is 0.479. The van der Waals surface area contributed by atoms with Gasteiger partial charge in [-0.2, -0.15) is 0 Å². The van der Waals surface area contributed by atoms with E-state index in [0.717, 1.165) is 0 Å². The molecule has 1 aromatic carbocycles. The van der Waals surface area contributed by atoms with Gasteiger partial charge in [-0.05, 0) is 30.7 Å². The Balaban J connectivity index is 3.08.